The molecule has 0 saturated carbocycles. The van der Waals surface area contributed by atoms with Crippen LogP contribution in [0.1, 0.15) is 11.1 Å². The van der Waals surface area contributed by atoms with Crippen molar-refractivity contribution in [2.45, 2.75) is 13.0 Å². The summed E-state index contributed by atoms with van der Waals surface area (Å²) in [5.74, 6) is 0. The van der Waals surface area contributed by atoms with Crippen molar-refractivity contribution in [1.29, 1.82) is 0 Å². The molecule has 2 heterocycles. The highest BCUT2D eigenvalue weighted by atomic mass is 15.1. The van der Waals surface area contributed by atoms with Crippen LogP contribution in [0.2, 0.25) is 0 Å². The van der Waals surface area contributed by atoms with E-state index in [1.54, 1.807) is 0 Å². The van der Waals surface area contributed by atoms with E-state index in [1.165, 1.54) is 11.1 Å². The standard InChI is InChI=1S/C15H19N3/c1-16-8-9-18(13-16)11-10-17-7-6-14-4-2-3-5-15(14)12-17/h2-5,8-9,12-13H,6-7,10-11H2,1H3/q+2. The van der Waals surface area contributed by atoms with Crippen molar-refractivity contribution in [3.05, 3.63) is 54.1 Å². The van der Waals surface area contributed by atoms with Crippen LogP contribution in [0.15, 0.2) is 43.0 Å². The maximum Gasteiger partial charge on any atom is 0.243 e. The van der Waals surface area contributed by atoms with E-state index in [-0.39, 0.29) is 0 Å². The summed E-state index contributed by atoms with van der Waals surface area (Å²) in [6.45, 7) is 3.24. The Bertz CT molecular complexity index is 581. The monoisotopic (exact) mass is 241 g/mol. The Morgan fingerprint density at radius 2 is 2.17 bits per heavy atom. The molecule has 0 amide bonds. The molecule has 1 aromatic carbocycles. The maximum absolute atomic E-state index is 2.42. The van der Waals surface area contributed by atoms with Gasteiger partial charge in [-0.15, -0.1) is 0 Å². The molecule has 1 aromatic heterocycles. The van der Waals surface area contributed by atoms with E-state index in [4.69, 9.17) is 0 Å². The minimum atomic E-state index is 1.04. The number of rotatable bonds is 3. The largest absolute Gasteiger partial charge is 0.243 e. The second-order valence-corrected chi connectivity index (χ2v) is 4.93. The number of fused-ring (bicyclic) bond motifs is 1. The van der Waals surface area contributed by atoms with E-state index >= 15 is 0 Å². The van der Waals surface area contributed by atoms with Gasteiger partial charge in [-0.1, -0.05) is 18.2 Å². The molecule has 0 saturated heterocycles. The third kappa shape index (κ3) is 2.35. The third-order valence-electron chi connectivity index (χ3n) is 3.51. The predicted octanol–water partition coefficient (Wildman–Crippen LogP) is 1.00. The van der Waals surface area contributed by atoms with Crippen molar-refractivity contribution in [3.8, 4) is 0 Å². The van der Waals surface area contributed by atoms with Gasteiger partial charge in [-0.05, 0) is 11.6 Å². The molecule has 1 aliphatic rings. The van der Waals surface area contributed by atoms with Crippen LogP contribution in [0.5, 0.6) is 0 Å². The molecule has 0 unspecified atom stereocenters. The van der Waals surface area contributed by atoms with Crippen LogP contribution in [0.25, 0.3) is 0 Å². The Balaban J connectivity index is 1.70. The summed E-state index contributed by atoms with van der Waals surface area (Å²) in [7, 11) is 2.06. The topological polar surface area (TPSA) is 11.8 Å². The fourth-order valence-corrected chi connectivity index (χ4v) is 2.47. The second kappa shape index (κ2) is 4.77. The highest BCUT2D eigenvalue weighted by Crippen LogP contribution is 2.10. The summed E-state index contributed by atoms with van der Waals surface area (Å²) in [6, 6.07) is 8.68. The lowest BCUT2D eigenvalue weighted by molar-refractivity contribution is -0.671. The van der Waals surface area contributed by atoms with Gasteiger partial charge in [0.1, 0.15) is 25.5 Å². The van der Waals surface area contributed by atoms with Gasteiger partial charge in [0.25, 0.3) is 0 Å². The van der Waals surface area contributed by atoms with Crippen LogP contribution in [0.4, 0.5) is 0 Å². The molecule has 1 aliphatic heterocycles. The van der Waals surface area contributed by atoms with Gasteiger partial charge in [-0.2, -0.15) is 0 Å². The van der Waals surface area contributed by atoms with Crippen molar-refractivity contribution < 1.29 is 9.14 Å². The van der Waals surface area contributed by atoms with Gasteiger partial charge in [0, 0.05) is 12.0 Å². The first-order valence-corrected chi connectivity index (χ1v) is 6.49. The predicted molar refractivity (Wildman–Crippen MR) is 70.9 cm³/mol. The van der Waals surface area contributed by atoms with Crippen LogP contribution in [-0.2, 0) is 20.0 Å². The normalized spacial score (nSPS) is 14.2. The summed E-state index contributed by atoms with van der Waals surface area (Å²) in [6.07, 6.45) is 9.78. The van der Waals surface area contributed by atoms with E-state index in [0.29, 0.717) is 0 Å². The summed E-state index contributed by atoms with van der Waals surface area (Å²) in [4.78, 5) is 0. The second-order valence-electron chi connectivity index (χ2n) is 4.93. The zero-order valence-electron chi connectivity index (χ0n) is 10.8. The van der Waals surface area contributed by atoms with E-state index in [1.807, 2.05) is 0 Å². The van der Waals surface area contributed by atoms with Crippen LogP contribution in [0, 0.1) is 0 Å². The Morgan fingerprint density at radius 3 is 3.00 bits per heavy atom. The molecule has 0 atom stereocenters. The molecule has 18 heavy (non-hydrogen) atoms. The van der Waals surface area contributed by atoms with E-state index in [2.05, 4.69) is 70.0 Å². The molecule has 0 fully saturated rings. The number of hydrogen-bond acceptors (Lipinski definition) is 0. The first-order chi connectivity index (χ1) is 8.81. The van der Waals surface area contributed by atoms with E-state index in [0.717, 1.165) is 26.1 Å². The number of aromatic nitrogens is 2. The SMILES string of the molecule is C[n+]1ccn(CC[N+]2=Cc3ccccc3CC2)c1. The van der Waals surface area contributed by atoms with Gasteiger partial charge >= 0.3 is 0 Å². The minimum Gasteiger partial charge on any atom is -0.240 e. The Hall–Kier alpha value is -1.90. The summed E-state index contributed by atoms with van der Waals surface area (Å²) < 4.78 is 6.73. The third-order valence-corrected chi connectivity index (χ3v) is 3.51. The molecule has 3 nitrogen and oxygen atoms in total. The fraction of sp³-hybridized carbons (Fsp3) is 0.333. The van der Waals surface area contributed by atoms with Gasteiger partial charge in [0.2, 0.25) is 6.33 Å². The summed E-state index contributed by atoms with van der Waals surface area (Å²) in [5, 5.41) is 0. The highest BCUT2D eigenvalue weighted by molar-refractivity contribution is 5.78. The molecule has 0 spiro atoms. The zero-order valence-corrected chi connectivity index (χ0v) is 10.8. The molecule has 2 aromatic rings. The van der Waals surface area contributed by atoms with Crippen molar-refractivity contribution in [2.24, 2.45) is 7.05 Å². The van der Waals surface area contributed by atoms with Crippen molar-refractivity contribution in [2.75, 3.05) is 13.1 Å². The van der Waals surface area contributed by atoms with Gasteiger partial charge in [0.15, 0.2) is 12.8 Å². The lowest BCUT2D eigenvalue weighted by Crippen LogP contribution is -2.27. The van der Waals surface area contributed by atoms with Crippen LogP contribution in [0.3, 0.4) is 0 Å². The molecule has 0 bridgehead atoms. The van der Waals surface area contributed by atoms with Crippen LogP contribution < -0.4 is 4.57 Å². The maximum atomic E-state index is 2.42. The molecule has 0 aliphatic carbocycles. The number of nitrogens with zero attached hydrogens (tertiary/aromatic N) is 3. The van der Waals surface area contributed by atoms with Crippen molar-refractivity contribution in [1.82, 2.24) is 4.57 Å². The van der Waals surface area contributed by atoms with Gasteiger partial charge in [0.05, 0.1) is 7.05 Å². The zero-order chi connectivity index (χ0) is 12.4. The van der Waals surface area contributed by atoms with Gasteiger partial charge < -0.3 is 0 Å². The van der Waals surface area contributed by atoms with Crippen molar-refractivity contribution in [3.63, 3.8) is 0 Å². The van der Waals surface area contributed by atoms with Crippen molar-refractivity contribution >= 4 is 6.21 Å². The highest BCUT2D eigenvalue weighted by Gasteiger charge is 2.15. The lowest BCUT2D eigenvalue weighted by atomic mass is 10.0. The molecular weight excluding hydrogens is 222 g/mol. The van der Waals surface area contributed by atoms with E-state index < -0.39 is 0 Å². The number of hydrogen-bond donors (Lipinski definition) is 0. The van der Waals surface area contributed by atoms with Crippen LogP contribution in [-0.4, -0.2) is 28.4 Å². The number of benzene rings is 1. The first kappa shape index (κ1) is 11.2. The fourth-order valence-electron chi connectivity index (χ4n) is 2.47. The average Bonchev–Trinajstić information content (AvgIpc) is 2.82. The molecule has 0 radical (unpaired) electrons. The van der Waals surface area contributed by atoms with Crippen LogP contribution >= 0.6 is 0 Å². The average molecular weight is 241 g/mol. The molecular formula is C15H19N3+2. The Labute approximate surface area is 108 Å². The number of imidazole rings is 1. The minimum absolute atomic E-state index is 1.04. The van der Waals surface area contributed by atoms with Gasteiger partial charge in [-0.25, -0.2) is 13.7 Å². The van der Waals surface area contributed by atoms with E-state index in [9.17, 15) is 0 Å². The first-order valence-electron chi connectivity index (χ1n) is 6.49. The number of aryl methyl sites for hydroxylation is 1. The Kier molecular flexibility index (Phi) is 2.97. The molecule has 3 rings (SSSR count). The molecule has 92 valence electrons. The summed E-state index contributed by atoms with van der Waals surface area (Å²) in [5.41, 5.74) is 2.85. The smallest absolute Gasteiger partial charge is 0.240 e. The summed E-state index contributed by atoms with van der Waals surface area (Å²) >= 11 is 0. The molecule has 3 heteroatoms. The quantitative estimate of drug-likeness (QED) is 0.711. The lowest BCUT2D eigenvalue weighted by Gasteiger charge is -2.11. The van der Waals surface area contributed by atoms with Gasteiger partial charge in [-0.3, -0.25) is 0 Å². The molecule has 0 N–H and O–H groups in total. The Morgan fingerprint density at radius 1 is 1.28 bits per heavy atom.